The van der Waals surface area contributed by atoms with Gasteiger partial charge in [0.2, 0.25) is 15.0 Å². The molecule has 8 heteroatoms. The zero-order chi connectivity index (χ0) is 26.5. The molecule has 1 aliphatic heterocycles. The minimum absolute atomic E-state index is 0.0155. The van der Waals surface area contributed by atoms with E-state index in [0.29, 0.717) is 18.7 Å². The van der Waals surface area contributed by atoms with Gasteiger partial charge >= 0.3 is 0 Å². The van der Waals surface area contributed by atoms with Crippen LogP contribution in [0.1, 0.15) is 78.2 Å². The van der Waals surface area contributed by atoms with Gasteiger partial charge in [-0.25, -0.2) is 13.4 Å². The van der Waals surface area contributed by atoms with Crippen molar-refractivity contribution in [2.45, 2.75) is 81.5 Å². The second-order valence-corrected chi connectivity index (χ2v) is 12.5. The molecule has 5 rings (SSSR count). The summed E-state index contributed by atoms with van der Waals surface area (Å²) in [7, 11) is -3.70. The van der Waals surface area contributed by atoms with E-state index < -0.39 is 9.84 Å². The van der Waals surface area contributed by atoms with E-state index in [-0.39, 0.29) is 35.5 Å². The molecule has 38 heavy (non-hydrogen) atoms. The quantitative estimate of drug-likeness (QED) is 0.362. The largest absolute Gasteiger partial charge is 0.376 e. The monoisotopic (exact) mass is 535 g/mol. The molecule has 2 heterocycles. The standard InChI is InChI=1S/C30H37N3O4S/c1-23-10-8-11-24(18-23)22-38(35,36)30-31-19-27(33(30)26-14-6-3-7-15-26)20-32(21-28-16-9-17-37-28)29(34)25-12-4-2-5-13-25/h2,4-5,8,10-13,18-19,26,28H,3,6-7,9,14-17,20-22H2,1H3/t28-/m0/s1. The summed E-state index contributed by atoms with van der Waals surface area (Å²) in [6, 6.07) is 16.9. The molecule has 1 aromatic heterocycles. The van der Waals surface area contributed by atoms with Gasteiger partial charge in [-0.1, -0.05) is 67.3 Å². The number of sulfone groups is 1. The Hall–Kier alpha value is -2.97. The van der Waals surface area contributed by atoms with Crippen molar-refractivity contribution < 1.29 is 17.9 Å². The maximum Gasteiger partial charge on any atom is 0.254 e. The van der Waals surface area contributed by atoms with Crippen molar-refractivity contribution in [2.75, 3.05) is 13.2 Å². The summed E-state index contributed by atoms with van der Waals surface area (Å²) in [5.74, 6) is -0.179. The molecule has 0 N–H and O–H groups in total. The fraction of sp³-hybridized carbons (Fsp3) is 0.467. The van der Waals surface area contributed by atoms with Gasteiger partial charge in [0, 0.05) is 24.8 Å². The number of hydrogen-bond donors (Lipinski definition) is 0. The minimum Gasteiger partial charge on any atom is -0.376 e. The summed E-state index contributed by atoms with van der Waals surface area (Å²) in [4.78, 5) is 19.9. The Bertz CT molecular complexity index is 1340. The maximum atomic E-state index is 13.7. The van der Waals surface area contributed by atoms with Crippen LogP contribution >= 0.6 is 0 Å². The van der Waals surface area contributed by atoms with Crippen LogP contribution in [0.15, 0.2) is 66.0 Å². The Morgan fingerprint density at radius 3 is 2.53 bits per heavy atom. The minimum atomic E-state index is -3.70. The van der Waals surface area contributed by atoms with E-state index in [0.717, 1.165) is 61.8 Å². The number of carbonyl (C=O) groups excluding carboxylic acids is 1. The third-order valence-electron chi connectivity index (χ3n) is 7.61. The maximum absolute atomic E-state index is 13.7. The van der Waals surface area contributed by atoms with Crippen molar-refractivity contribution in [2.24, 2.45) is 0 Å². The van der Waals surface area contributed by atoms with Crippen LogP contribution in [0.5, 0.6) is 0 Å². The Labute approximate surface area is 225 Å². The van der Waals surface area contributed by atoms with Crippen LogP contribution in [0.3, 0.4) is 0 Å². The number of hydrogen-bond acceptors (Lipinski definition) is 5. The van der Waals surface area contributed by atoms with Crippen molar-refractivity contribution in [1.82, 2.24) is 14.5 Å². The van der Waals surface area contributed by atoms with Gasteiger partial charge in [-0.15, -0.1) is 0 Å². The van der Waals surface area contributed by atoms with Crippen molar-refractivity contribution >= 4 is 15.7 Å². The van der Waals surface area contributed by atoms with Gasteiger partial charge in [0.15, 0.2) is 0 Å². The van der Waals surface area contributed by atoms with E-state index in [2.05, 4.69) is 4.98 Å². The molecule has 2 aliphatic rings. The summed E-state index contributed by atoms with van der Waals surface area (Å²) in [5.41, 5.74) is 3.16. The van der Waals surface area contributed by atoms with Gasteiger partial charge in [0.25, 0.3) is 5.91 Å². The van der Waals surface area contributed by atoms with Gasteiger partial charge in [-0.2, -0.15) is 0 Å². The van der Waals surface area contributed by atoms with Gasteiger partial charge in [0.05, 0.1) is 30.3 Å². The number of amides is 1. The molecule has 0 spiro atoms. The van der Waals surface area contributed by atoms with E-state index in [1.807, 2.05) is 66.1 Å². The zero-order valence-corrected chi connectivity index (χ0v) is 22.9. The molecule has 0 unspecified atom stereocenters. The van der Waals surface area contributed by atoms with Crippen molar-refractivity contribution in [3.63, 3.8) is 0 Å². The highest BCUT2D eigenvalue weighted by Crippen LogP contribution is 2.33. The number of aryl methyl sites for hydroxylation is 1. The third-order valence-corrected chi connectivity index (χ3v) is 9.18. The lowest BCUT2D eigenvalue weighted by Gasteiger charge is -2.30. The Balaban J connectivity index is 1.49. The molecule has 0 bridgehead atoms. The highest BCUT2D eigenvalue weighted by Gasteiger charge is 2.31. The molecular formula is C30H37N3O4S. The van der Waals surface area contributed by atoms with Gasteiger partial charge in [-0.3, -0.25) is 4.79 Å². The molecule has 202 valence electrons. The molecular weight excluding hydrogens is 498 g/mol. The Morgan fingerprint density at radius 2 is 1.82 bits per heavy atom. The SMILES string of the molecule is Cc1cccc(CS(=O)(=O)c2ncc(CN(C[C@@H]3CCCO3)C(=O)c3ccccc3)n2C2CCCCC2)c1. The van der Waals surface area contributed by atoms with Crippen molar-refractivity contribution in [1.29, 1.82) is 0 Å². The highest BCUT2D eigenvalue weighted by atomic mass is 32.2. The molecule has 3 aromatic rings. The van der Waals surface area contributed by atoms with Crippen LogP contribution in [0.4, 0.5) is 0 Å². The number of rotatable bonds is 9. The number of aromatic nitrogens is 2. The molecule has 0 radical (unpaired) electrons. The van der Waals surface area contributed by atoms with Crippen LogP contribution in [-0.2, 0) is 26.9 Å². The second kappa shape index (κ2) is 11.8. The number of nitrogens with zero attached hydrogens (tertiary/aromatic N) is 3. The molecule has 2 aromatic carbocycles. The average Bonchev–Trinajstić information content (AvgIpc) is 3.59. The Morgan fingerprint density at radius 1 is 1.03 bits per heavy atom. The van der Waals surface area contributed by atoms with E-state index in [4.69, 9.17) is 4.74 Å². The summed E-state index contributed by atoms with van der Waals surface area (Å²) in [5, 5.41) is 0.116. The molecule has 1 amide bonds. The predicted octanol–water partition coefficient (Wildman–Crippen LogP) is 5.49. The Kier molecular flexibility index (Phi) is 8.29. The van der Waals surface area contributed by atoms with Gasteiger partial charge in [-0.05, 0) is 50.3 Å². The molecule has 1 atom stereocenters. The van der Waals surface area contributed by atoms with Crippen LogP contribution in [0.2, 0.25) is 0 Å². The number of imidazole rings is 1. The predicted molar refractivity (Wildman–Crippen MR) is 147 cm³/mol. The summed E-state index contributed by atoms with van der Waals surface area (Å²) in [6.07, 6.45) is 8.64. The molecule has 2 fully saturated rings. The van der Waals surface area contributed by atoms with Crippen molar-refractivity contribution in [3.8, 4) is 0 Å². The average molecular weight is 536 g/mol. The van der Waals surface area contributed by atoms with E-state index in [9.17, 15) is 13.2 Å². The third kappa shape index (κ3) is 6.18. The number of benzene rings is 2. The normalized spacial score (nSPS) is 18.5. The number of carbonyl (C=O) groups is 1. The first-order valence-electron chi connectivity index (χ1n) is 13.7. The summed E-state index contributed by atoms with van der Waals surface area (Å²) < 4.78 is 35.3. The fourth-order valence-corrected chi connectivity index (χ4v) is 7.28. The lowest BCUT2D eigenvalue weighted by Crippen LogP contribution is -2.38. The van der Waals surface area contributed by atoms with Gasteiger partial charge in [0.1, 0.15) is 0 Å². The molecule has 1 saturated carbocycles. The van der Waals surface area contributed by atoms with Crippen LogP contribution < -0.4 is 0 Å². The van der Waals surface area contributed by atoms with E-state index in [1.165, 1.54) is 0 Å². The molecule has 7 nitrogen and oxygen atoms in total. The lowest BCUT2D eigenvalue weighted by molar-refractivity contribution is 0.0499. The second-order valence-electron chi connectivity index (χ2n) is 10.6. The molecule has 1 aliphatic carbocycles. The number of ether oxygens (including phenoxy) is 1. The summed E-state index contributed by atoms with van der Waals surface area (Å²) in [6.45, 7) is 3.43. The zero-order valence-electron chi connectivity index (χ0n) is 22.1. The first-order valence-corrected chi connectivity index (χ1v) is 15.4. The summed E-state index contributed by atoms with van der Waals surface area (Å²) >= 11 is 0. The van der Waals surface area contributed by atoms with E-state index in [1.54, 1.807) is 11.1 Å². The van der Waals surface area contributed by atoms with Crippen LogP contribution in [-0.4, -0.2) is 48.0 Å². The first-order chi connectivity index (χ1) is 18.4. The lowest BCUT2D eigenvalue weighted by atomic mass is 9.95. The van der Waals surface area contributed by atoms with Crippen molar-refractivity contribution in [3.05, 3.63) is 83.2 Å². The fourth-order valence-electron chi connectivity index (χ4n) is 5.75. The van der Waals surface area contributed by atoms with Crippen LogP contribution in [0.25, 0.3) is 0 Å². The highest BCUT2D eigenvalue weighted by molar-refractivity contribution is 7.90. The van der Waals surface area contributed by atoms with E-state index >= 15 is 0 Å². The smallest absolute Gasteiger partial charge is 0.254 e. The first kappa shape index (κ1) is 26.6. The topological polar surface area (TPSA) is 81.5 Å². The van der Waals surface area contributed by atoms with Gasteiger partial charge < -0.3 is 14.2 Å². The molecule has 1 saturated heterocycles. The van der Waals surface area contributed by atoms with Crippen LogP contribution in [0, 0.1) is 6.92 Å².